The van der Waals surface area contributed by atoms with Crippen molar-refractivity contribution in [1.29, 1.82) is 0 Å². The van der Waals surface area contributed by atoms with Crippen LogP contribution in [0.5, 0.6) is 0 Å². The molecule has 156 valence electrons. The molecule has 0 saturated heterocycles. The van der Waals surface area contributed by atoms with Gasteiger partial charge in [0.25, 0.3) is 5.56 Å². The molecule has 5 nitrogen and oxygen atoms in total. The summed E-state index contributed by atoms with van der Waals surface area (Å²) in [6, 6.07) is 21.9. The molecule has 0 aliphatic carbocycles. The van der Waals surface area contributed by atoms with E-state index in [4.69, 9.17) is 4.98 Å². The summed E-state index contributed by atoms with van der Waals surface area (Å²) in [6.45, 7) is 2.39. The molecule has 0 amide bonds. The first kappa shape index (κ1) is 20.5. The van der Waals surface area contributed by atoms with Gasteiger partial charge in [0.05, 0.1) is 0 Å². The second-order valence-corrected chi connectivity index (χ2v) is 7.80. The molecule has 0 saturated carbocycles. The summed E-state index contributed by atoms with van der Waals surface area (Å²) in [5.74, 6) is 0.698. The average Bonchev–Trinajstić information content (AvgIpc) is 3.20. The van der Waals surface area contributed by atoms with Gasteiger partial charge >= 0.3 is 0 Å². The fourth-order valence-electron chi connectivity index (χ4n) is 3.71. The Bertz CT molecular complexity index is 1230. The summed E-state index contributed by atoms with van der Waals surface area (Å²) >= 11 is 0. The summed E-state index contributed by atoms with van der Waals surface area (Å²) in [5, 5.41) is 0. The van der Waals surface area contributed by atoms with Crippen molar-refractivity contribution in [3.05, 3.63) is 112 Å². The maximum Gasteiger partial charge on any atom is 0.253 e. The summed E-state index contributed by atoms with van der Waals surface area (Å²) in [4.78, 5) is 29.8. The van der Waals surface area contributed by atoms with E-state index in [2.05, 4.69) is 0 Å². The first-order valence-corrected chi connectivity index (χ1v) is 10.4. The van der Waals surface area contributed by atoms with Crippen LogP contribution in [0.1, 0.15) is 33.6 Å². The van der Waals surface area contributed by atoms with Crippen molar-refractivity contribution in [3.8, 4) is 11.4 Å². The number of aromatic nitrogens is 3. The molecule has 2 aromatic heterocycles. The Hall–Kier alpha value is -3.73. The van der Waals surface area contributed by atoms with Crippen molar-refractivity contribution < 1.29 is 4.79 Å². The molecular weight excluding hydrogens is 386 g/mol. The van der Waals surface area contributed by atoms with Crippen molar-refractivity contribution in [2.24, 2.45) is 7.05 Å². The monoisotopic (exact) mass is 411 g/mol. The molecule has 0 bridgehead atoms. The van der Waals surface area contributed by atoms with E-state index in [0.29, 0.717) is 36.5 Å². The molecule has 4 rings (SSSR count). The van der Waals surface area contributed by atoms with Crippen molar-refractivity contribution in [2.75, 3.05) is 0 Å². The molecule has 0 aliphatic heterocycles. The highest BCUT2D eigenvalue weighted by molar-refractivity contribution is 5.94. The van der Waals surface area contributed by atoms with Crippen LogP contribution in [0.25, 0.3) is 11.4 Å². The lowest BCUT2D eigenvalue weighted by Gasteiger charge is -2.10. The minimum atomic E-state index is -0.0379. The number of carbonyl (C=O) groups is 1. The van der Waals surface area contributed by atoms with Crippen molar-refractivity contribution in [3.63, 3.8) is 0 Å². The lowest BCUT2D eigenvalue weighted by atomic mass is 10.1. The Morgan fingerprint density at radius 2 is 1.58 bits per heavy atom. The second kappa shape index (κ2) is 8.96. The van der Waals surface area contributed by atoms with Gasteiger partial charge in [0.15, 0.2) is 5.78 Å². The Morgan fingerprint density at radius 1 is 0.935 bits per heavy atom. The smallest absolute Gasteiger partial charge is 0.253 e. The number of ketones is 1. The van der Waals surface area contributed by atoms with Gasteiger partial charge in [-0.3, -0.25) is 9.59 Å². The Labute approximate surface area is 181 Å². The van der Waals surface area contributed by atoms with Crippen molar-refractivity contribution >= 4 is 5.78 Å². The number of imidazole rings is 1. The standard InChI is InChI=1S/C26H25N3O2/c1-19-15-22(17-28(2)26(19)31)25-27-23(18-29(25)16-21-11-7-4-8-12-21)24(30)14-13-20-9-5-3-6-10-20/h3-12,15,17-18H,13-14,16H2,1-2H3. The van der Waals surface area contributed by atoms with Gasteiger partial charge in [0.2, 0.25) is 0 Å². The number of benzene rings is 2. The molecule has 5 heteroatoms. The average molecular weight is 412 g/mol. The number of hydrogen-bond acceptors (Lipinski definition) is 3. The number of nitrogens with zero attached hydrogens (tertiary/aromatic N) is 3. The molecule has 0 N–H and O–H groups in total. The summed E-state index contributed by atoms with van der Waals surface area (Å²) in [7, 11) is 1.73. The lowest BCUT2D eigenvalue weighted by molar-refractivity contribution is 0.0978. The van der Waals surface area contributed by atoms with E-state index in [1.54, 1.807) is 24.7 Å². The predicted molar refractivity (Wildman–Crippen MR) is 122 cm³/mol. The zero-order chi connectivity index (χ0) is 21.8. The van der Waals surface area contributed by atoms with Crippen LogP contribution in [-0.4, -0.2) is 19.9 Å². The van der Waals surface area contributed by atoms with Crippen LogP contribution in [0.4, 0.5) is 0 Å². The van der Waals surface area contributed by atoms with Gasteiger partial charge in [-0.2, -0.15) is 0 Å². The molecule has 4 aromatic rings. The third kappa shape index (κ3) is 4.72. The van der Waals surface area contributed by atoms with Gasteiger partial charge in [-0.25, -0.2) is 4.98 Å². The Morgan fingerprint density at radius 3 is 2.23 bits per heavy atom. The molecule has 0 fully saturated rings. The number of carbonyl (C=O) groups excluding carboxylic acids is 1. The highest BCUT2D eigenvalue weighted by atomic mass is 16.1. The maximum atomic E-state index is 12.9. The van der Waals surface area contributed by atoms with E-state index in [-0.39, 0.29) is 11.3 Å². The van der Waals surface area contributed by atoms with Crippen LogP contribution in [0.3, 0.4) is 0 Å². The third-order valence-electron chi connectivity index (χ3n) is 5.36. The van der Waals surface area contributed by atoms with E-state index in [9.17, 15) is 9.59 Å². The van der Waals surface area contributed by atoms with Crippen LogP contribution in [-0.2, 0) is 20.0 Å². The Balaban J connectivity index is 1.68. The largest absolute Gasteiger partial charge is 0.326 e. The molecule has 0 aliphatic rings. The van der Waals surface area contributed by atoms with Crippen LogP contribution < -0.4 is 5.56 Å². The van der Waals surface area contributed by atoms with Gasteiger partial charge in [0.1, 0.15) is 11.5 Å². The molecule has 0 radical (unpaired) electrons. The van der Waals surface area contributed by atoms with Gasteiger partial charge < -0.3 is 9.13 Å². The molecule has 2 heterocycles. The second-order valence-electron chi connectivity index (χ2n) is 7.80. The molecule has 2 aromatic carbocycles. The van der Waals surface area contributed by atoms with E-state index < -0.39 is 0 Å². The normalized spacial score (nSPS) is 10.9. The van der Waals surface area contributed by atoms with Crippen LogP contribution >= 0.6 is 0 Å². The molecule has 31 heavy (non-hydrogen) atoms. The van der Waals surface area contributed by atoms with Gasteiger partial charge in [-0.15, -0.1) is 0 Å². The van der Waals surface area contributed by atoms with E-state index in [1.807, 2.05) is 77.5 Å². The molecule has 0 spiro atoms. The first-order chi connectivity index (χ1) is 15.0. The minimum Gasteiger partial charge on any atom is -0.326 e. The maximum absolute atomic E-state index is 12.9. The molecule has 0 unspecified atom stereocenters. The van der Waals surface area contributed by atoms with Crippen LogP contribution in [0.15, 0.2) is 83.9 Å². The highest BCUT2D eigenvalue weighted by Crippen LogP contribution is 2.21. The number of aryl methyl sites for hydroxylation is 3. The minimum absolute atomic E-state index is 0.0125. The van der Waals surface area contributed by atoms with Crippen molar-refractivity contribution in [2.45, 2.75) is 26.3 Å². The van der Waals surface area contributed by atoms with E-state index >= 15 is 0 Å². The number of pyridine rings is 1. The van der Waals surface area contributed by atoms with Crippen molar-refractivity contribution in [1.82, 2.24) is 14.1 Å². The fraction of sp³-hybridized carbons (Fsp3) is 0.192. The van der Waals surface area contributed by atoms with Crippen LogP contribution in [0, 0.1) is 6.92 Å². The van der Waals surface area contributed by atoms with Gasteiger partial charge in [-0.1, -0.05) is 60.7 Å². The molecular formula is C26H25N3O2. The van der Waals surface area contributed by atoms with Gasteiger partial charge in [0, 0.05) is 43.5 Å². The highest BCUT2D eigenvalue weighted by Gasteiger charge is 2.17. The summed E-state index contributed by atoms with van der Waals surface area (Å²) < 4.78 is 3.55. The van der Waals surface area contributed by atoms with E-state index in [0.717, 1.165) is 16.7 Å². The number of rotatable bonds is 7. The summed E-state index contributed by atoms with van der Waals surface area (Å²) in [5.41, 5.74) is 4.13. The molecule has 0 atom stereocenters. The number of Topliss-reactive ketones (excluding diaryl/α,β-unsaturated/α-hetero) is 1. The van der Waals surface area contributed by atoms with Gasteiger partial charge in [-0.05, 0) is 30.5 Å². The lowest BCUT2D eigenvalue weighted by Crippen LogP contribution is -2.18. The zero-order valence-electron chi connectivity index (χ0n) is 17.8. The van der Waals surface area contributed by atoms with E-state index in [1.165, 1.54) is 0 Å². The predicted octanol–water partition coefficient (Wildman–Crippen LogP) is 4.42. The summed E-state index contributed by atoms with van der Waals surface area (Å²) in [6.07, 6.45) is 4.69. The quantitative estimate of drug-likeness (QED) is 0.423. The first-order valence-electron chi connectivity index (χ1n) is 10.4. The third-order valence-corrected chi connectivity index (χ3v) is 5.36. The SMILES string of the molecule is Cc1cc(-c2nc(C(=O)CCc3ccccc3)cn2Cc2ccccc2)cn(C)c1=O. The number of hydrogen-bond donors (Lipinski definition) is 0. The fourth-order valence-corrected chi connectivity index (χ4v) is 3.71. The Kier molecular flexibility index (Phi) is 5.94. The zero-order valence-corrected chi connectivity index (χ0v) is 17.8. The topological polar surface area (TPSA) is 56.9 Å². The van der Waals surface area contributed by atoms with Crippen LogP contribution in [0.2, 0.25) is 0 Å².